The molecule has 1 aromatic carbocycles. The lowest BCUT2D eigenvalue weighted by atomic mass is 10.1. The van der Waals surface area contributed by atoms with Crippen molar-refractivity contribution in [2.24, 2.45) is 5.92 Å². The van der Waals surface area contributed by atoms with E-state index < -0.39 is 6.10 Å². The van der Waals surface area contributed by atoms with Crippen molar-refractivity contribution in [1.29, 1.82) is 0 Å². The molecule has 0 amide bonds. The molecule has 0 fully saturated rings. The van der Waals surface area contributed by atoms with Crippen LogP contribution in [0.5, 0.6) is 0 Å². The Hall–Kier alpha value is -2.42. The highest BCUT2D eigenvalue weighted by atomic mass is 32.2. The monoisotopic (exact) mass is 416 g/mol. The summed E-state index contributed by atoms with van der Waals surface area (Å²) in [6.45, 7) is 4.76. The Labute approximate surface area is 173 Å². The lowest BCUT2D eigenvalue weighted by Crippen LogP contribution is -2.14. The second-order valence-electron chi connectivity index (χ2n) is 7.12. The first kappa shape index (κ1) is 21.3. The maximum Gasteiger partial charge on any atom is 0.166 e. The zero-order valence-corrected chi connectivity index (χ0v) is 17.2. The molecule has 0 aliphatic rings. The fourth-order valence-corrected chi connectivity index (χ4v) is 3.45. The predicted octanol–water partition coefficient (Wildman–Crippen LogP) is 3.79. The van der Waals surface area contributed by atoms with Crippen LogP contribution in [0.25, 0.3) is 22.5 Å². The minimum absolute atomic E-state index is 0.305. The van der Waals surface area contributed by atoms with Crippen LogP contribution in [0.3, 0.4) is 0 Å². The molecule has 3 aromatic rings. The number of anilines is 1. The molecule has 154 valence electrons. The second kappa shape index (κ2) is 9.87. The Balaban J connectivity index is 1.96. The molecule has 0 aliphatic heterocycles. The molecule has 0 radical (unpaired) electrons. The summed E-state index contributed by atoms with van der Waals surface area (Å²) in [4.78, 5) is 12.3. The number of aliphatic hydroxyl groups excluding tert-OH is 2. The van der Waals surface area contributed by atoms with Gasteiger partial charge in [0.15, 0.2) is 5.16 Å². The van der Waals surface area contributed by atoms with Gasteiger partial charge in [-0.15, -0.1) is 0 Å². The first-order chi connectivity index (χ1) is 14.0. The molecular formula is C21H25FN4O2S. The van der Waals surface area contributed by atoms with Gasteiger partial charge in [-0.2, -0.15) is 0 Å². The van der Waals surface area contributed by atoms with Crippen molar-refractivity contribution >= 4 is 17.6 Å². The number of thioether (sulfide) groups is 1. The number of hydrogen-bond donors (Lipinski definition) is 4. The van der Waals surface area contributed by atoms with Crippen molar-refractivity contribution in [3.05, 3.63) is 48.4 Å². The van der Waals surface area contributed by atoms with Gasteiger partial charge in [0.25, 0.3) is 0 Å². The lowest BCUT2D eigenvalue weighted by molar-refractivity contribution is 0.113. The van der Waals surface area contributed by atoms with E-state index in [0.717, 1.165) is 29.2 Å². The van der Waals surface area contributed by atoms with E-state index >= 15 is 0 Å². The number of H-pyrrole nitrogens is 1. The molecule has 8 heteroatoms. The number of aromatic amines is 1. The fourth-order valence-electron chi connectivity index (χ4n) is 2.67. The van der Waals surface area contributed by atoms with Gasteiger partial charge in [-0.25, -0.2) is 14.4 Å². The summed E-state index contributed by atoms with van der Waals surface area (Å²) in [5.74, 6) is 1.25. The highest BCUT2D eigenvalue weighted by Crippen LogP contribution is 2.33. The van der Waals surface area contributed by atoms with Crippen LogP contribution < -0.4 is 5.32 Å². The van der Waals surface area contributed by atoms with Crippen LogP contribution in [0.1, 0.15) is 13.8 Å². The first-order valence-corrected chi connectivity index (χ1v) is 10.4. The second-order valence-corrected chi connectivity index (χ2v) is 8.13. The number of pyridine rings is 1. The van der Waals surface area contributed by atoms with Gasteiger partial charge in [-0.3, -0.25) is 0 Å². The molecule has 0 bridgehead atoms. The molecule has 3 rings (SSSR count). The van der Waals surface area contributed by atoms with E-state index in [2.05, 4.69) is 34.1 Å². The van der Waals surface area contributed by atoms with Gasteiger partial charge in [0.05, 0.1) is 24.1 Å². The largest absolute Gasteiger partial charge is 0.394 e. The molecule has 2 aromatic heterocycles. The molecule has 0 saturated heterocycles. The zero-order valence-electron chi connectivity index (χ0n) is 16.4. The third kappa shape index (κ3) is 5.79. The standard InChI is InChI=1S/C21H25FN4O2S/c1-13(2)10-24-18-9-15(7-8-23-18)20-19(14-3-5-16(22)6-4-14)25-21(26-20)29-12-17(28)11-27/h3-9,13,17,27-28H,10-12H2,1-2H3,(H,23,24)(H,25,26). The topological polar surface area (TPSA) is 94.1 Å². The Morgan fingerprint density at radius 2 is 1.93 bits per heavy atom. The molecule has 1 atom stereocenters. The van der Waals surface area contributed by atoms with Crippen LogP contribution in [0.4, 0.5) is 10.2 Å². The summed E-state index contributed by atoms with van der Waals surface area (Å²) < 4.78 is 13.4. The van der Waals surface area contributed by atoms with Crippen LogP contribution in [-0.4, -0.2) is 50.2 Å². The highest BCUT2D eigenvalue weighted by Gasteiger charge is 2.16. The van der Waals surface area contributed by atoms with E-state index in [1.54, 1.807) is 18.3 Å². The lowest BCUT2D eigenvalue weighted by Gasteiger charge is -2.09. The fraction of sp³-hybridized carbons (Fsp3) is 0.333. The number of nitrogens with one attached hydrogen (secondary N) is 2. The maximum atomic E-state index is 13.4. The van der Waals surface area contributed by atoms with Crippen LogP contribution in [0.2, 0.25) is 0 Å². The highest BCUT2D eigenvalue weighted by molar-refractivity contribution is 7.99. The predicted molar refractivity (Wildman–Crippen MR) is 114 cm³/mol. The number of aliphatic hydroxyl groups is 2. The Bertz CT molecular complexity index is 931. The van der Waals surface area contributed by atoms with E-state index in [0.29, 0.717) is 22.5 Å². The number of aromatic nitrogens is 3. The number of hydrogen-bond acceptors (Lipinski definition) is 6. The summed E-state index contributed by atoms with van der Waals surface area (Å²) in [7, 11) is 0. The van der Waals surface area contributed by atoms with Crippen LogP contribution in [0.15, 0.2) is 47.8 Å². The molecule has 0 aliphatic carbocycles. The van der Waals surface area contributed by atoms with E-state index in [9.17, 15) is 9.50 Å². The van der Waals surface area contributed by atoms with Crippen molar-refractivity contribution in [2.45, 2.75) is 25.1 Å². The normalized spacial score (nSPS) is 12.3. The van der Waals surface area contributed by atoms with Crippen molar-refractivity contribution in [1.82, 2.24) is 15.0 Å². The van der Waals surface area contributed by atoms with Crippen LogP contribution in [-0.2, 0) is 0 Å². The summed E-state index contributed by atoms with van der Waals surface area (Å²) in [6, 6.07) is 10.0. The smallest absolute Gasteiger partial charge is 0.166 e. The summed E-state index contributed by atoms with van der Waals surface area (Å²) >= 11 is 1.32. The van der Waals surface area contributed by atoms with Gasteiger partial charge < -0.3 is 20.5 Å². The minimum Gasteiger partial charge on any atom is -0.394 e. The molecule has 6 nitrogen and oxygen atoms in total. The van der Waals surface area contributed by atoms with E-state index in [1.165, 1.54) is 23.9 Å². The number of imidazole rings is 1. The van der Waals surface area contributed by atoms with Crippen molar-refractivity contribution in [3.8, 4) is 22.5 Å². The summed E-state index contributed by atoms with van der Waals surface area (Å²) in [5.41, 5.74) is 3.15. The average molecular weight is 417 g/mol. The van der Waals surface area contributed by atoms with Crippen molar-refractivity contribution < 1.29 is 14.6 Å². The average Bonchev–Trinajstić information content (AvgIpc) is 3.15. The van der Waals surface area contributed by atoms with Crippen molar-refractivity contribution in [3.63, 3.8) is 0 Å². The molecule has 2 heterocycles. The van der Waals surface area contributed by atoms with Gasteiger partial charge in [-0.05, 0) is 42.3 Å². The van der Waals surface area contributed by atoms with Crippen LogP contribution in [0, 0.1) is 11.7 Å². The molecule has 29 heavy (non-hydrogen) atoms. The van der Waals surface area contributed by atoms with Gasteiger partial charge in [0.2, 0.25) is 0 Å². The van der Waals surface area contributed by atoms with Gasteiger partial charge >= 0.3 is 0 Å². The van der Waals surface area contributed by atoms with E-state index in [-0.39, 0.29) is 12.4 Å². The molecule has 1 unspecified atom stereocenters. The quantitative estimate of drug-likeness (QED) is 0.397. The minimum atomic E-state index is -0.824. The third-order valence-electron chi connectivity index (χ3n) is 4.16. The number of benzene rings is 1. The summed E-state index contributed by atoms with van der Waals surface area (Å²) in [6.07, 6.45) is 0.902. The third-order valence-corrected chi connectivity index (χ3v) is 5.18. The number of rotatable bonds is 9. The zero-order chi connectivity index (χ0) is 20.8. The Kier molecular flexibility index (Phi) is 7.24. The Morgan fingerprint density at radius 1 is 1.17 bits per heavy atom. The summed E-state index contributed by atoms with van der Waals surface area (Å²) in [5, 5.41) is 22.6. The molecule has 0 spiro atoms. The van der Waals surface area contributed by atoms with Crippen molar-refractivity contribution in [2.75, 3.05) is 24.2 Å². The van der Waals surface area contributed by atoms with E-state index in [1.807, 2.05) is 12.1 Å². The maximum absolute atomic E-state index is 13.4. The molecular weight excluding hydrogens is 391 g/mol. The number of halogens is 1. The van der Waals surface area contributed by atoms with Gasteiger partial charge in [0.1, 0.15) is 11.6 Å². The molecule has 4 N–H and O–H groups in total. The number of nitrogens with zero attached hydrogens (tertiary/aromatic N) is 2. The molecule has 0 saturated carbocycles. The van der Waals surface area contributed by atoms with Gasteiger partial charge in [-0.1, -0.05) is 25.6 Å². The Morgan fingerprint density at radius 3 is 2.62 bits per heavy atom. The van der Waals surface area contributed by atoms with E-state index in [4.69, 9.17) is 5.11 Å². The van der Waals surface area contributed by atoms with Crippen LogP contribution >= 0.6 is 11.8 Å². The van der Waals surface area contributed by atoms with Gasteiger partial charge in [0, 0.05) is 29.6 Å². The SMILES string of the molecule is CC(C)CNc1cc(-c2nc(SCC(O)CO)[nH]c2-c2ccc(F)cc2)ccn1. The first-order valence-electron chi connectivity index (χ1n) is 9.44.